The van der Waals surface area contributed by atoms with Crippen LogP contribution < -0.4 is 10.6 Å². The molecule has 1 aliphatic rings. The molecule has 1 fully saturated rings. The molecule has 166 valence electrons. The standard InChI is InChI=1S/C23H19N5O5/c1-15-4-2-5-16(12-15)24-21(29)14-27-22(30)20(25-23(27)31)13-19-6-3-11-26(19)17-7-9-18(10-8-17)28(32)33/h2-13H,14H2,1H3,(H,24,29)(H,25,31)/b20-13+. The summed E-state index contributed by atoms with van der Waals surface area (Å²) >= 11 is 0. The van der Waals surface area contributed by atoms with Crippen LogP contribution in [0.4, 0.5) is 16.2 Å². The summed E-state index contributed by atoms with van der Waals surface area (Å²) in [7, 11) is 0. The fourth-order valence-electron chi connectivity index (χ4n) is 3.41. The number of rotatable bonds is 6. The lowest BCUT2D eigenvalue weighted by atomic mass is 10.2. The van der Waals surface area contributed by atoms with Crippen LogP contribution in [-0.4, -0.2) is 38.8 Å². The highest BCUT2D eigenvalue weighted by Crippen LogP contribution is 2.20. The molecule has 0 radical (unpaired) electrons. The second-order valence-electron chi connectivity index (χ2n) is 7.37. The molecule has 2 aromatic carbocycles. The van der Waals surface area contributed by atoms with E-state index in [1.54, 1.807) is 53.2 Å². The van der Waals surface area contributed by atoms with Crippen molar-refractivity contribution in [2.75, 3.05) is 11.9 Å². The molecular weight excluding hydrogens is 426 g/mol. The van der Waals surface area contributed by atoms with Gasteiger partial charge >= 0.3 is 6.03 Å². The first-order chi connectivity index (χ1) is 15.8. The van der Waals surface area contributed by atoms with Crippen LogP contribution in [0.1, 0.15) is 11.3 Å². The minimum Gasteiger partial charge on any atom is -0.325 e. The molecule has 10 heteroatoms. The fraction of sp³-hybridized carbons (Fsp3) is 0.0870. The van der Waals surface area contributed by atoms with Crippen molar-refractivity contribution in [1.82, 2.24) is 14.8 Å². The number of aromatic nitrogens is 1. The smallest absolute Gasteiger partial charge is 0.325 e. The average Bonchev–Trinajstić information content (AvgIpc) is 3.34. The Hall–Kier alpha value is -4.73. The highest BCUT2D eigenvalue weighted by Gasteiger charge is 2.35. The van der Waals surface area contributed by atoms with Gasteiger partial charge in [-0.2, -0.15) is 0 Å². The van der Waals surface area contributed by atoms with Crippen molar-refractivity contribution in [3.8, 4) is 5.69 Å². The highest BCUT2D eigenvalue weighted by molar-refractivity contribution is 6.15. The zero-order valence-corrected chi connectivity index (χ0v) is 17.5. The molecule has 0 unspecified atom stereocenters. The Morgan fingerprint density at radius 1 is 1.12 bits per heavy atom. The van der Waals surface area contributed by atoms with Crippen molar-refractivity contribution in [1.29, 1.82) is 0 Å². The van der Waals surface area contributed by atoms with Crippen LogP contribution in [0.15, 0.2) is 72.6 Å². The molecule has 33 heavy (non-hydrogen) atoms. The summed E-state index contributed by atoms with van der Waals surface area (Å²) in [5.41, 5.74) is 2.73. The molecule has 4 amide bonds. The number of hydrogen-bond acceptors (Lipinski definition) is 5. The summed E-state index contributed by atoms with van der Waals surface area (Å²) in [5, 5.41) is 16.0. The van der Waals surface area contributed by atoms with Crippen LogP contribution in [0.2, 0.25) is 0 Å². The number of hydrogen-bond donors (Lipinski definition) is 2. The lowest BCUT2D eigenvalue weighted by Crippen LogP contribution is -2.38. The number of nitrogens with zero attached hydrogens (tertiary/aromatic N) is 3. The Kier molecular flexibility index (Phi) is 5.73. The van der Waals surface area contributed by atoms with Gasteiger partial charge < -0.3 is 15.2 Å². The zero-order valence-electron chi connectivity index (χ0n) is 17.5. The van der Waals surface area contributed by atoms with Gasteiger partial charge in [0.15, 0.2) is 0 Å². The van der Waals surface area contributed by atoms with E-state index in [1.807, 2.05) is 13.0 Å². The van der Waals surface area contributed by atoms with E-state index < -0.39 is 29.3 Å². The number of carbonyl (C=O) groups is 3. The van der Waals surface area contributed by atoms with Gasteiger partial charge in [-0.15, -0.1) is 0 Å². The van der Waals surface area contributed by atoms with E-state index in [-0.39, 0.29) is 11.4 Å². The third kappa shape index (κ3) is 4.64. The number of benzene rings is 2. The number of carbonyl (C=O) groups excluding carboxylic acids is 3. The van der Waals surface area contributed by atoms with Gasteiger partial charge in [0.25, 0.3) is 11.6 Å². The predicted octanol–water partition coefficient (Wildman–Crippen LogP) is 3.23. The second-order valence-corrected chi connectivity index (χ2v) is 7.37. The number of amides is 4. The maximum Gasteiger partial charge on any atom is 0.329 e. The van der Waals surface area contributed by atoms with E-state index in [0.717, 1.165) is 10.5 Å². The largest absolute Gasteiger partial charge is 0.329 e. The Morgan fingerprint density at radius 3 is 2.58 bits per heavy atom. The SMILES string of the molecule is Cc1cccc(NC(=O)CN2C(=O)N/C(=C/c3cccn3-c3ccc([N+](=O)[O-])cc3)C2=O)c1. The van der Waals surface area contributed by atoms with Crippen LogP contribution in [0.3, 0.4) is 0 Å². The number of non-ortho nitro benzene ring substituents is 1. The lowest BCUT2D eigenvalue weighted by Gasteiger charge is -2.12. The maximum absolute atomic E-state index is 12.8. The van der Waals surface area contributed by atoms with Gasteiger partial charge in [0.05, 0.1) is 4.92 Å². The monoisotopic (exact) mass is 445 g/mol. The van der Waals surface area contributed by atoms with Crippen molar-refractivity contribution < 1.29 is 19.3 Å². The summed E-state index contributed by atoms with van der Waals surface area (Å²) in [6, 6.07) is 15.9. The van der Waals surface area contributed by atoms with Gasteiger partial charge in [0.1, 0.15) is 12.2 Å². The first-order valence-corrected chi connectivity index (χ1v) is 9.95. The van der Waals surface area contributed by atoms with Crippen molar-refractivity contribution in [2.45, 2.75) is 6.92 Å². The summed E-state index contributed by atoms with van der Waals surface area (Å²) in [5.74, 6) is -1.13. The molecule has 0 bridgehead atoms. The van der Waals surface area contributed by atoms with E-state index >= 15 is 0 Å². The molecule has 4 rings (SSSR count). The fourth-order valence-corrected chi connectivity index (χ4v) is 3.41. The van der Waals surface area contributed by atoms with Gasteiger partial charge in [-0.05, 0) is 55.0 Å². The molecule has 10 nitrogen and oxygen atoms in total. The van der Waals surface area contributed by atoms with Crippen LogP contribution >= 0.6 is 0 Å². The van der Waals surface area contributed by atoms with Crippen molar-refractivity contribution in [2.24, 2.45) is 0 Å². The van der Waals surface area contributed by atoms with Crippen LogP contribution in [-0.2, 0) is 9.59 Å². The number of nitro groups is 1. The second kappa shape index (κ2) is 8.79. The van der Waals surface area contributed by atoms with E-state index in [0.29, 0.717) is 17.1 Å². The van der Waals surface area contributed by atoms with Crippen molar-refractivity contribution in [3.63, 3.8) is 0 Å². The number of imide groups is 1. The molecule has 2 N–H and O–H groups in total. The van der Waals surface area contributed by atoms with Gasteiger partial charge in [-0.1, -0.05) is 12.1 Å². The molecule has 1 aliphatic heterocycles. The van der Waals surface area contributed by atoms with Crippen LogP contribution in [0.25, 0.3) is 11.8 Å². The minimum absolute atomic E-state index is 0.0187. The van der Waals surface area contributed by atoms with Gasteiger partial charge in [-0.3, -0.25) is 19.7 Å². The van der Waals surface area contributed by atoms with E-state index in [2.05, 4.69) is 10.6 Å². The first kappa shape index (κ1) is 21.5. The summed E-state index contributed by atoms with van der Waals surface area (Å²) in [6.45, 7) is 1.45. The van der Waals surface area contributed by atoms with Crippen LogP contribution in [0.5, 0.6) is 0 Å². The zero-order chi connectivity index (χ0) is 23.5. The topological polar surface area (TPSA) is 127 Å². The van der Waals surface area contributed by atoms with E-state index in [4.69, 9.17) is 0 Å². The number of anilines is 1. The van der Waals surface area contributed by atoms with Crippen LogP contribution in [0, 0.1) is 17.0 Å². The van der Waals surface area contributed by atoms with E-state index in [1.165, 1.54) is 18.2 Å². The quantitative estimate of drug-likeness (QED) is 0.261. The van der Waals surface area contributed by atoms with Gasteiger partial charge in [0, 0.05) is 35.4 Å². The lowest BCUT2D eigenvalue weighted by molar-refractivity contribution is -0.384. The summed E-state index contributed by atoms with van der Waals surface area (Å²) in [4.78, 5) is 48.6. The molecule has 0 spiro atoms. The minimum atomic E-state index is -0.695. The van der Waals surface area contributed by atoms with Crippen molar-refractivity contribution in [3.05, 3.63) is 93.9 Å². The average molecular weight is 445 g/mol. The Balaban J connectivity index is 1.50. The molecule has 1 aromatic heterocycles. The molecule has 2 heterocycles. The predicted molar refractivity (Wildman–Crippen MR) is 120 cm³/mol. The molecule has 3 aromatic rings. The third-order valence-corrected chi connectivity index (χ3v) is 4.98. The molecule has 0 saturated carbocycles. The number of aryl methyl sites for hydroxylation is 1. The first-order valence-electron chi connectivity index (χ1n) is 9.95. The number of nitro benzene ring substituents is 1. The Morgan fingerprint density at radius 2 is 1.88 bits per heavy atom. The summed E-state index contributed by atoms with van der Waals surface area (Å²) < 4.78 is 1.71. The third-order valence-electron chi connectivity index (χ3n) is 4.98. The van der Waals surface area contributed by atoms with Gasteiger partial charge in [0.2, 0.25) is 5.91 Å². The number of nitrogens with one attached hydrogen (secondary N) is 2. The molecule has 0 aliphatic carbocycles. The molecular formula is C23H19N5O5. The molecule has 1 saturated heterocycles. The summed E-state index contributed by atoms with van der Waals surface area (Å²) in [6.07, 6.45) is 3.21. The number of urea groups is 1. The maximum atomic E-state index is 12.8. The Labute approximate surface area is 188 Å². The molecule has 0 atom stereocenters. The van der Waals surface area contributed by atoms with Gasteiger partial charge in [-0.25, -0.2) is 9.69 Å². The Bertz CT molecular complexity index is 1290. The van der Waals surface area contributed by atoms with E-state index in [9.17, 15) is 24.5 Å². The normalized spacial score (nSPS) is 14.5. The van der Waals surface area contributed by atoms with Crippen molar-refractivity contribution >= 4 is 35.3 Å². The highest BCUT2D eigenvalue weighted by atomic mass is 16.6.